The van der Waals surface area contributed by atoms with Crippen LogP contribution in [0.4, 0.5) is 4.79 Å². The van der Waals surface area contributed by atoms with Crippen molar-refractivity contribution < 1.29 is 9.59 Å². The summed E-state index contributed by atoms with van der Waals surface area (Å²) >= 11 is 0. The van der Waals surface area contributed by atoms with Crippen LogP contribution in [0, 0.1) is 0 Å². The zero-order valence-corrected chi connectivity index (χ0v) is 14.3. The van der Waals surface area contributed by atoms with Crippen LogP contribution in [0.25, 0.3) is 5.57 Å². The molecule has 5 heteroatoms. The third-order valence-electron chi connectivity index (χ3n) is 4.26. The van der Waals surface area contributed by atoms with Crippen molar-refractivity contribution in [2.24, 2.45) is 0 Å². The summed E-state index contributed by atoms with van der Waals surface area (Å²) in [7, 11) is 0. The Kier molecular flexibility index (Phi) is 4.78. The summed E-state index contributed by atoms with van der Waals surface area (Å²) in [5.74, 6) is -0.117. The first kappa shape index (κ1) is 17.1. The van der Waals surface area contributed by atoms with Crippen LogP contribution in [-0.2, 0) is 10.3 Å². The van der Waals surface area contributed by atoms with Crippen molar-refractivity contribution in [1.29, 1.82) is 0 Å². The molecule has 1 aromatic rings. The molecule has 0 saturated carbocycles. The first-order valence-electron chi connectivity index (χ1n) is 7.85. The Morgan fingerprint density at radius 3 is 2.78 bits per heavy atom. The molecule has 1 aliphatic heterocycles. The molecule has 23 heavy (non-hydrogen) atoms. The number of rotatable bonds is 3. The summed E-state index contributed by atoms with van der Waals surface area (Å²) in [5, 5.41) is 5.80. The van der Waals surface area contributed by atoms with E-state index in [-0.39, 0.29) is 11.9 Å². The molecule has 2 N–H and O–H groups in total. The topological polar surface area (TPSA) is 61.4 Å². The summed E-state index contributed by atoms with van der Waals surface area (Å²) in [6.07, 6.45) is 0. The van der Waals surface area contributed by atoms with Gasteiger partial charge in [0, 0.05) is 13.1 Å². The molecule has 0 spiro atoms. The zero-order valence-electron chi connectivity index (χ0n) is 14.3. The second kappa shape index (κ2) is 6.44. The molecular formula is C18H25N3O2. The van der Waals surface area contributed by atoms with Crippen LogP contribution in [0.2, 0.25) is 0 Å². The normalized spacial score (nSPS) is 18.3. The molecule has 1 atom stereocenters. The lowest BCUT2D eigenvalue weighted by Gasteiger charge is -2.36. The smallest absolute Gasteiger partial charge is 0.318 e. The molecule has 1 unspecified atom stereocenters. The fraction of sp³-hybridized carbons (Fsp3) is 0.444. The van der Waals surface area contributed by atoms with Gasteiger partial charge >= 0.3 is 6.03 Å². The van der Waals surface area contributed by atoms with Gasteiger partial charge in [0.15, 0.2) is 0 Å². The maximum absolute atomic E-state index is 12.6. The summed E-state index contributed by atoms with van der Waals surface area (Å²) in [5.41, 5.74) is 2.49. The average molecular weight is 315 g/mol. The monoisotopic (exact) mass is 315 g/mol. The minimum atomic E-state index is -0.545. The van der Waals surface area contributed by atoms with Crippen molar-refractivity contribution in [3.05, 3.63) is 42.0 Å². The van der Waals surface area contributed by atoms with Gasteiger partial charge in [-0.25, -0.2) is 4.79 Å². The fourth-order valence-electron chi connectivity index (χ4n) is 2.64. The number of hydrogen-bond donors (Lipinski definition) is 2. The van der Waals surface area contributed by atoms with Gasteiger partial charge < -0.3 is 15.5 Å². The Morgan fingerprint density at radius 2 is 2.13 bits per heavy atom. The van der Waals surface area contributed by atoms with Crippen LogP contribution in [0.5, 0.6) is 0 Å². The van der Waals surface area contributed by atoms with Crippen LogP contribution >= 0.6 is 0 Å². The van der Waals surface area contributed by atoms with Crippen LogP contribution in [-0.4, -0.2) is 36.0 Å². The molecule has 1 fully saturated rings. The Hall–Kier alpha value is -2.30. The van der Waals surface area contributed by atoms with Gasteiger partial charge in [0.1, 0.15) is 6.04 Å². The molecule has 5 nitrogen and oxygen atoms in total. The Labute approximate surface area is 137 Å². The molecule has 0 aromatic heterocycles. The van der Waals surface area contributed by atoms with Gasteiger partial charge in [-0.2, -0.15) is 0 Å². The van der Waals surface area contributed by atoms with E-state index in [0.29, 0.717) is 13.1 Å². The van der Waals surface area contributed by atoms with E-state index in [1.165, 1.54) is 0 Å². The number of allylic oxidation sites excluding steroid dienone is 1. The number of carbonyl (C=O) groups excluding carboxylic acids is 2. The summed E-state index contributed by atoms with van der Waals surface area (Å²) in [4.78, 5) is 25.9. The number of urea groups is 1. The van der Waals surface area contributed by atoms with E-state index in [1.807, 2.05) is 45.0 Å². The average Bonchev–Trinajstić information content (AvgIpc) is 2.49. The van der Waals surface area contributed by atoms with Crippen molar-refractivity contribution in [3.63, 3.8) is 0 Å². The van der Waals surface area contributed by atoms with Gasteiger partial charge in [-0.15, -0.1) is 0 Å². The lowest BCUT2D eigenvalue weighted by atomic mass is 9.91. The van der Waals surface area contributed by atoms with Crippen LogP contribution in [0.1, 0.15) is 38.8 Å². The number of piperazine rings is 1. The van der Waals surface area contributed by atoms with Crippen molar-refractivity contribution in [3.8, 4) is 0 Å². The molecule has 124 valence electrons. The van der Waals surface area contributed by atoms with Crippen molar-refractivity contribution >= 4 is 17.5 Å². The van der Waals surface area contributed by atoms with Gasteiger partial charge in [0.05, 0.1) is 5.54 Å². The first-order chi connectivity index (χ1) is 10.7. The minimum absolute atomic E-state index is 0.117. The van der Waals surface area contributed by atoms with Crippen molar-refractivity contribution in [2.45, 2.75) is 39.3 Å². The number of nitrogens with zero attached hydrogens (tertiary/aromatic N) is 1. The Bertz CT molecular complexity index is 637. The first-order valence-corrected chi connectivity index (χ1v) is 7.85. The van der Waals surface area contributed by atoms with E-state index in [4.69, 9.17) is 0 Å². The lowest BCUT2D eigenvalue weighted by Crippen LogP contribution is -2.60. The fourth-order valence-corrected chi connectivity index (χ4v) is 2.64. The van der Waals surface area contributed by atoms with Gasteiger partial charge in [0.2, 0.25) is 5.91 Å². The second-order valence-corrected chi connectivity index (χ2v) is 6.58. The van der Waals surface area contributed by atoms with Gasteiger partial charge in [0.25, 0.3) is 0 Å². The highest BCUT2D eigenvalue weighted by Crippen LogP contribution is 2.24. The maximum atomic E-state index is 12.6. The summed E-state index contributed by atoms with van der Waals surface area (Å²) in [6, 6.07) is 7.30. The largest absolute Gasteiger partial charge is 0.353 e. The lowest BCUT2D eigenvalue weighted by molar-refractivity contribution is -0.127. The molecular weight excluding hydrogens is 290 g/mol. The zero-order chi connectivity index (χ0) is 17.2. The summed E-state index contributed by atoms with van der Waals surface area (Å²) < 4.78 is 0. The van der Waals surface area contributed by atoms with Crippen LogP contribution in [0.15, 0.2) is 30.8 Å². The van der Waals surface area contributed by atoms with E-state index < -0.39 is 11.6 Å². The molecule has 0 bridgehead atoms. The standard InChI is InChI=1S/C18H25N3O2/c1-12(2)14-7-6-8-15(11-14)18(4,5)20-17(23)21-10-9-19-16(22)13(21)3/h6-8,11,13H,1,9-10H2,2-5H3,(H,19,22)(H,20,23). The van der Waals surface area contributed by atoms with Crippen LogP contribution < -0.4 is 10.6 Å². The quantitative estimate of drug-likeness (QED) is 0.900. The minimum Gasteiger partial charge on any atom is -0.353 e. The predicted molar refractivity (Wildman–Crippen MR) is 91.9 cm³/mol. The molecule has 1 saturated heterocycles. The molecule has 0 radical (unpaired) electrons. The number of nitrogens with one attached hydrogen (secondary N) is 2. The molecule has 1 aromatic carbocycles. The predicted octanol–water partition coefficient (Wildman–Crippen LogP) is 2.48. The molecule has 0 aliphatic carbocycles. The van der Waals surface area contributed by atoms with Gasteiger partial charge in [-0.1, -0.05) is 30.4 Å². The van der Waals surface area contributed by atoms with E-state index in [1.54, 1.807) is 11.8 Å². The van der Waals surface area contributed by atoms with Crippen molar-refractivity contribution in [2.75, 3.05) is 13.1 Å². The highest BCUT2D eigenvalue weighted by molar-refractivity contribution is 5.88. The maximum Gasteiger partial charge on any atom is 0.318 e. The molecule has 1 heterocycles. The van der Waals surface area contributed by atoms with Crippen LogP contribution in [0.3, 0.4) is 0 Å². The second-order valence-electron chi connectivity index (χ2n) is 6.58. The molecule has 3 amide bonds. The third-order valence-corrected chi connectivity index (χ3v) is 4.26. The Balaban J connectivity index is 2.17. The highest BCUT2D eigenvalue weighted by Gasteiger charge is 2.32. The van der Waals surface area contributed by atoms with Crippen molar-refractivity contribution in [1.82, 2.24) is 15.5 Å². The van der Waals surface area contributed by atoms with E-state index in [0.717, 1.165) is 16.7 Å². The number of benzene rings is 1. The SMILES string of the molecule is C=C(C)c1cccc(C(C)(C)NC(=O)N2CCNC(=O)C2C)c1. The van der Waals surface area contributed by atoms with E-state index >= 15 is 0 Å². The Morgan fingerprint density at radius 1 is 1.43 bits per heavy atom. The van der Waals surface area contributed by atoms with Gasteiger partial charge in [-0.05, 0) is 44.9 Å². The van der Waals surface area contributed by atoms with E-state index in [2.05, 4.69) is 17.2 Å². The number of hydrogen-bond acceptors (Lipinski definition) is 2. The number of amides is 3. The molecule has 1 aliphatic rings. The summed E-state index contributed by atoms with van der Waals surface area (Å²) in [6.45, 7) is 12.6. The van der Waals surface area contributed by atoms with E-state index in [9.17, 15) is 9.59 Å². The van der Waals surface area contributed by atoms with Gasteiger partial charge in [-0.3, -0.25) is 4.79 Å². The highest BCUT2D eigenvalue weighted by atomic mass is 16.2. The number of carbonyl (C=O) groups is 2. The third kappa shape index (κ3) is 3.73. The molecule has 2 rings (SSSR count).